The topological polar surface area (TPSA) is 463 Å². The second kappa shape index (κ2) is 59.3. The number of aromatic amines is 1. The lowest BCUT2D eigenvalue weighted by molar-refractivity contribution is -0.265. The quantitative estimate of drug-likeness (QED) is 0.0110. The van der Waals surface area contributed by atoms with Crippen molar-refractivity contribution < 1.29 is 125 Å². The summed E-state index contributed by atoms with van der Waals surface area (Å²) < 4.78 is 99.8. The van der Waals surface area contributed by atoms with E-state index in [0.29, 0.717) is 265 Å². The number of aromatic nitrogens is 6. The number of nitrogens with zero attached hydrogens (tertiary/aromatic N) is 7. The normalized spacial score (nSPS) is 25.4. The van der Waals surface area contributed by atoms with Crippen LogP contribution in [0.25, 0.3) is 33.3 Å². The minimum Gasteiger partial charge on any atom is -0.443 e. The Labute approximate surface area is 798 Å². The lowest BCUT2D eigenvalue weighted by Crippen LogP contribution is -2.60. The summed E-state index contributed by atoms with van der Waals surface area (Å²) in [6.07, 6.45) is 15.5. The van der Waals surface area contributed by atoms with E-state index in [0.717, 1.165) is 46.1 Å². The minimum atomic E-state index is -2.39. The lowest BCUT2D eigenvalue weighted by atomic mass is 9.80. The second-order valence-electron chi connectivity index (χ2n) is 35.8. The van der Waals surface area contributed by atoms with Crippen molar-refractivity contribution in [2.24, 2.45) is 35.3 Å². The van der Waals surface area contributed by atoms with Crippen LogP contribution < -0.4 is 16.8 Å². The number of alkyl carbamates (subject to hydrolysis) is 1. The van der Waals surface area contributed by atoms with Gasteiger partial charge >= 0.3 is 6.09 Å². The van der Waals surface area contributed by atoms with E-state index >= 15 is 0 Å². The molecule has 10 rings (SSSR count). The molecule has 0 spiro atoms. The summed E-state index contributed by atoms with van der Waals surface area (Å²) in [5.41, 5.74) is 20.9. The summed E-state index contributed by atoms with van der Waals surface area (Å²) in [6.45, 7) is 22.1. The van der Waals surface area contributed by atoms with E-state index in [9.17, 15) is 44.1 Å². The smallest absolute Gasteiger partial charge is 0.407 e. The number of carbonyl (C=O) groups excluding carboxylic acids is 6. The largest absolute Gasteiger partial charge is 0.443 e. The summed E-state index contributed by atoms with van der Waals surface area (Å²) >= 11 is 0. The first-order valence-corrected chi connectivity index (χ1v) is 48.4. The number of methoxy groups -OCH3 is 2. The number of aliphatic hydroxyl groups excluding tert-OH is 2. The maximum absolute atomic E-state index is 14.5. The van der Waals surface area contributed by atoms with Gasteiger partial charge in [-0.25, -0.2) is 24.4 Å². The molecule has 1 saturated carbocycles. The number of piperidine rings is 1. The fourth-order valence-electron chi connectivity index (χ4n) is 17.6. The number of hydrogen-bond acceptors (Lipinski definition) is 32. The van der Waals surface area contributed by atoms with E-state index in [4.69, 9.17) is 97.1 Å². The number of carbonyl (C=O) groups is 6. The van der Waals surface area contributed by atoms with Crippen molar-refractivity contribution in [3.63, 3.8) is 0 Å². The monoisotopic (exact) mass is 1910 g/mol. The molecule has 1 aromatic carbocycles. The van der Waals surface area contributed by atoms with E-state index in [2.05, 4.69) is 43.5 Å². The summed E-state index contributed by atoms with van der Waals surface area (Å²) in [6, 6.07) is 9.02. The fourth-order valence-corrected chi connectivity index (χ4v) is 17.6. The van der Waals surface area contributed by atoms with Gasteiger partial charge < -0.3 is 127 Å². The van der Waals surface area contributed by atoms with Gasteiger partial charge in [-0.3, -0.25) is 24.0 Å². The summed E-state index contributed by atoms with van der Waals surface area (Å²) in [5.74, 6) is -6.91. The zero-order valence-electron chi connectivity index (χ0n) is 80.8. The molecule has 0 radical (unpaired) electrons. The number of ether oxygens (including phenoxy) is 17. The number of anilines is 1. The van der Waals surface area contributed by atoms with Crippen LogP contribution in [-0.2, 0) is 124 Å². The van der Waals surface area contributed by atoms with Crippen molar-refractivity contribution >= 4 is 63.1 Å². The summed E-state index contributed by atoms with van der Waals surface area (Å²) in [7, 11) is 3.14. The molecule has 756 valence electrons. The third-order valence-corrected chi connectivity index (χ3v) is 25.6. The van der Waals surface area contributed by atoms with Crippen LogP contribution in [0.5, 0.6) is 0 Å². The molecule has 1 aliphatic carbocycles. The predicted molar refractivity (Wildman–Crippen MR) is 505 cm³/mol. The summed E-state index contributed by atoms with van der Waals surface area (Å²) in [4.78, 5) is 103. The molecule has 136 heavy (non-hydrogen) atoms. The van der Waals surface area contributed by atoms with Crippen molar-refractivity contribution in [3.05, 3.63) is 113 Å². The van der Waals surface area contributed by atoms with E-state index in [1.54, 1.807) is 48.1 Å². The van der Waals surface area contributed by atoms with Gasteiger partial charge in [-0.2, -0.15) is 5.10 Å². The Morgan fingerprint density at radius 1 is 0.662 bits per heavy atom. The molecule has 5 aliphatic rings. The van der Waals surface area contributed by atoms with Gasteiger partial charge in [0, 0.05) is 100 Å². The van der Waals surface area contributed by atoms with Gasteiger partial charge in [-0.05, 0) is 136 Å². The predicted octanol–water partition coefficient (Wildman–Crippen LogP) is 7.91. The van der Waals surface area contributed by atoms with Gasteiger partial charge in [0.25, 0.3) is 11.7 Å². The zero-order chi connectivity index (χ0) is 97.0. The van der Waals surface area contributed by atoms with Gasteiger partial charge in [0.15, 0.2) is 11.4 Å². The Hall–Kier alpha value is -8.36. The highest BCUT2D eigenvalue weighted by Gasteiger charge is 2.53. The first-order chi connectivity index (χ1) is 65.9. The first kappa shape index (κ1) is 110. The Kier molecular flexibility index (Phi) is 47.8. The van der Waals surface area contributed by atoms with E-state index in [1.165, 1.54) is 22.9 Å². The molecule has 2 saturated heterocycles. The number of ketones is 3. The molecule has 4 aliphatic heterocycles. The van der Waals surface area contributed by atoms with Crippen LogP contribution in [0.4, 0.5) is 10.6 Å². The van der Waals surface area contributed by atoms with E-state index < -0.39 is 102 Å². The van der Waals surface area contributed by atoms with Crippen LogP contribution in [0, 0.1) is 29.6 Å². The number of nitrogens with one attached hydrogen (secondary N) is 2. The molecule has 4 aromatic heterocycles. The van der Waals surface area contributed by atoms with E-state index in [-0.39, 0.29) is 61.8 Å². The Morgan fingerprint density at radius 3 is 1.91 bits per heavy atom. The number of nitrogens with two attached hydrogens (primary N) is 2. The third-order valence-electron chi connectivity index (χ3n) is 25.6. The van der Waals surface area contributed by atoms with Gasteiger partial charge in [-0.15, -0.1) is 0 Å². The number of allylic oxidation sites excluding steroid dienone is 6. The molecular formula is C99H149N11O26. The third kappa shape index (κ3) is 35.2. The molecule has 3 fully saturated rings. The van der Waals surface area contributed by atoms with Crippen LogP contribution in [0.1, 0.15) is 142 Å². The van der Waals surface area contributed by atoms with E-state index in [1.807, 2.05) is 72.1 Å². The van der Waals surface area contributed by atoms with Gasteiger partial charge in [0.1, 0.15) is 47.6 Å². The minimum absolute atomic E-state index is 0.0421. The molecular weight excluding hydrogens is 1760 g/mol. The molecule has 3 amide bonds. The van der Waals surface area contributed by atoms with Crippen molar-refractivity contribution in [1.29, 1.82) is 0 Å². The van der Waals surface area contributed by atoms with Gasteiger partial charge in [-0.1, -0.05) is 82.4 Å². The molecule has 9 N–H and O–H groups in total. The number of pyridine rings is 1. The molecule has 37 nitrogen and oxygen atoms in total. The van der Waals surface area contributed by atoms with Crippen LogP contribution in [0.2, 0.25) is 0 Å². The highest BCUT2D eigenvalue weighted by molar-refractivity contribution is 6.39. The number of Topliss-reactive ketones (excluding diaryl/α,β-unsaturated/α-hetero) is 3. The SMILES string of the molecule is CO[C@H]1C[C@@H]2CC[C@@H](C)[C@@](O)(O2)C(=O)C(=O)N2CCCC[C@H]2CO[C@H]([C@H](N)CC2CC[C@@H](OC(=O)NCCOCCOCCOCCOCCOCCOCCOCCOCCOCCOCCOCCOCCC(=O)N3CCc4cc(Cn5nc(-c6cnc7[nH]ccc7c6)c6c(N)ncnc65)ccc4C3)[C@H](OC)C2)CC(=O)C(C)/C=C(\C)[C@@H](O)[C@@H](O)C(=O)[C@H](C)C[C@H](C)/C=C/C=CC=C1C. The Bertz CT molecular complexity index is 4590. The average molecular weight is 1910 g/mol. The molecule has 37 heteroatoms. The number of rotatable bonds is 48. The number of amides is 3. The summed E-state index contributed by atoms with van der Waals surface area (Å²) in [5, 5.41) is 44.0. The van der Waals surface area contributed by atoms with Crippen LogP contribution in [-0.4, -0.2) is 350 Å². The van der Waals surface area contributed by atoms with Crippen molar-refractivity contribution in [1.82, 2.24) is 44.8 Å². The number of H-pyrrole nitrogens is 1. The van der Waals surface area contributed by atoms with Crippen molar-refractivity contribution in [3.8, 4) is 11.3 Å². The second-order valence-corrected chi connectivity index (χ2v) is 35.8. The van der Waals surface area contributed by atoms with Crippen LogP contribution in [0.15, 0.2) is 96.7 Å². The molecule has 15 atom stereocenters. The fraction of sp³-hybridized carbons (Fsp3) is 0.677. The number of benzene rings is 1. The molecule has 2 unspecified atom stereocenters. The first-order valence-electron chi connectivity index (χ1n) is 48.4. The lowest BCUT2D eigenvalue weighted by Gasteiger charge is -2.43. The zero-order valence-corrected chi connectivity index (χ0v) is 80.8. The van der Waals surface area contributed by atoms with Crippen molar-refractivity contribution in [2.45, 2.75) is 205 Å². The molecule has 8 heterocycles. The Balaban J connectivity index is 0.491. The molecule has 2 bridgehead atoms. The van der Waals surface area contributed by atoms with Crippen LogP contribution >= 0.6 is 0 Å². The highest BCUT2D eigenvalue weighted by Crippen LogP contribution is 2.39. The number of fused-ring (bicyclic) bond motifs is 6. The number of hydrogen-bond donors (Lipinski definition) is 7. The van der Waals surface area contributed by atoms with Gasteiger partial charge in [0.05, 0.1) is 214 Å². The maximum Gasteiger partial charge on any atom is 0.407 e. The molecule has 5 aromatic rings. The maximum atomic E-state index is 14.5. The number of nitrogen functional groups attached to an aromatic ring is 1. The van der Waals surface area contributed by atoms with Crippen molar-refractivity contribution in [2.75, 3.05) is 205 Å². The number of aliphatic hydroxyl groups is 3. The standard InChI is InChI=1S/C99H149N11O26/c1-67-14-10-9-11-15-68(2)84(120-7)60-80-21-17-72(6)99(119,136-80)93(116)97(117)109-28-13-12-16-79(109)65-134-85(61-82(111)69(3)55-71(5)91(114)92(115)90(113)70(4)54-67)81(100)57-73-19-22-83(86(58-73)121-8)135-98(118)103-27-31-123-33-35-125-37-39-127-41-43-129-45-47-131-49-51-133-53-52-132-50-48-130-46-44-128-42-40-126-38-36-124-34-32-122-30-25-87(112)108-29-24-75-56-74(18-20-77(75)64-108)63-110-96-88(94(101)105-66-106-96)89(107-110)78-59-76-23-26-102-95(76)104-62-78/h9-11,14-15,18,20,23,26,55-56,59,62,66-67,69-70,72-73,79-81,83-86,91-92,114-115,119H,12-13,16-17,19,21-22,24-25,27-54,57-58,60-61,63-65,100H2,1-8H3,(H,102,104)(H,103,118)(H2,101,105,106)/b11-9?,14-10+,68-15?,71-55+/t67-,69?,70-,72-,73?,79+,80+,81-,83-,84+,85+,86-,91-,92+,99-/m1/s1. The Morgan fingerprint density at radius 2 is 1.29 bits per heavy atom. The average Bonchev–Trinajstić information content (AvgIpc) is 1.79. The van der Waals surface area contributed by atoms with Gasteiger partial charge in [0.2, 0.25) is 11.7 Å². The highest BCUT2D eigenvalue weighted by atomic mass is 16.6. The van der Waals surface area contributed by atoms with Crippen LogP contribution in [0.3, 0.4) is 0 Å².